The molecule has 1 fully saturated rings. The van der Waals surface area contributed by atoms with Gasteiger partial charge in [-0.2, -0.15) is 0 Å². The maximum atomic E-state index is 13.5. The molecule has 2 aliphatic heterocycles. The van der Waals surface area contributed by atoms with Crippen LogP contribution in [0.3, 0.4) is 0 Å². The molecule has 1 aromatic rings. The normalized spacial score (nSPS) is 22.6. The van der Waals surface area contributed by atoms with Gasteiger partial charge in [0.05, 0.1) is 12.2 Å². The molecule has 2 heterocycles. The molecule has 4 rings (SSSR count). The van der Waals surface area contributed by atoms with Crippen LogP contribution in [0, 0.1) is 5.82 Å². The van der Waals surface area contributed by atoms with Crippen LogP contribution in [0.15, 0.2) is 45.4 Å². The molecule has 0 saturated carbocycles. The van der Waals surface area contributed by atoms with Gasteiger partial charge in [-0.15, -0.1) is 9.78 Å². The summed E-state index contributed by atoms with van der Waals surface area (Å²) in [5.41, 5.74) is 1.36. The van der Waals surface area contributed by atoms with E-state index in [1.165, 1.54) is 23.9 Å². The average Bonchev–Trinajstić information content (AvgIpc) is 3.23. The SMILES string of the molecule is OCC1=CCCC2=C1OC1(OO1)c1ccc(F)cc1S2. The number of thioether (sulfide) groups is 1. The zero-order chi connectivity index (χ0) is 13.7. The van der Waals surface area contributed by atoms with Crippen molar-refractivity contribution in [1.82, 2.24) is 0 Å². The summed E-state index contributed by atoms with van der Waals surface area (Å²) in [5, 5.41) is 9.44. The molecule has 0 unspecified atom stereocenters. The fourth-order valence-corrected chi connectivity index (χ4v) is 3.66. The van der Waals surface area contributed by atoms with E-state index >= 15 is 0 Å². The van der Waals surface area contributed by atoms with Crippen LogP contribution in [0.25, 0.3) is 0 Å². The Morgan fingerprint density at radius 2 is 2.20 bits per heavy atom. The van der Waals surface area contributed by atoms with E-state index in [2.05, 4.69) is 0 Å². The van der Waals surface area contributed by atoms with Crippen molar-refractivity contribution in [2.45, 2.75) is 23.7 Å². The Labute approximate surface area is 118 Å². The third kappa shape index (κ3) is 1.80. The number of ether oxygens (including phenoxy) is 1. The monoisotopic (exact) mass is 294 g/mol. The highest BCUT2D eigenvalue weighted by Crippen LogP contribution is 2.54. The van der Waals surface area contributed by atoms with Crippen molar-refractivity contribution in [3.8, 4) is 0 Å². The van der Waals surface area contributed by atoms with Crippen LogP contribution in [-0.2, 0) is 20.5 Å². The van der Waals surface area contributed by atoms with Gasteiger partial charge >= 0.3 is 5.97 Å². The molecule has 4 nitrogen and oxygen atoms in total. The fourth-order valence-electron chi connectivity index (χ4n) is 2.44. The summed E-state index contributed by atoms with van der Waals surface area (Å²) in [6, 6.07) is 4.40. The topological polar surface area (TPSA) is 54.5 Å². The van der Waals surface area contributed by atoms with E-state index in [4.69, 9.17) is 14.5 Å². The van der Waals surface area contributed by atoms with Gasteiger partial charge in [-0.05, 0) is 31.0 Å². The first-order valence-corrected chi connectivity index (χ1v) is 7.11. The lowest BCUT2D eigenvalue weighted by atomic mass is 10.1. The second-order valence-electron chi connectivity index (χ2n) is 4.75. The van der Waals surface area contributed by atoms with E-state index in [0.29, 0.717) is 21.8 Å². The van der Waals surface area contributed by atoms with Gasteiger partial charge < -0.3 is 9.84 Å². The molecule has 1 spiro atoms. The second kappa shape index (κ2) is 4.33. The second-order valence-corrected chi connectivity index (χ2v) is 5.88. The van der Waals surface area contributed by atoms with E-state index in [9.17, 15) is 9.50 Å². The largest absolute Gasteiger partial charge is 0.431 e. The minimum Gasteiger partial charge on any atom is -0.431 e. The van der Waals surface area contributed by atoms with Crippen molar-refractivity contribution in [2.75, 3.05) is 6.61 Å². The van der Waals surface area contributed by atoms with Gasteiger partial charge in [-0.3, -0.25) is 0 Å². The number of rotatable bonds is 1. The first kappa shape index (κ1) is 12.4. The number of halogens is 1. The maximum absolute atomic E-state index is 13.5. The summed E-state index contributed by atoms with van der Waals surface area (Å²) >= 11 is 1.44. The van der Waals surface area contributed by atoms with Crippen molar-refractivity contribution in [3.63, 3.8) is 0 Å². The molecular weight excluding hydrogens is 283 g/mol. The third-order valence-corrected chi connectivity index (χ3v) is 4.65. The lowest BCUT2D eigenvalue weighted by molar-refractivity contribution is -0.0129. The van der Waals surface area contributed by atoms with Gasteiger partial charge in [0.15, 0.2) is 0 Å². The van der Waals surface area contributed by atoms with Crippen molar-refractivity contribution in [2.24, 2.45) is 0 Å². The molecule has 104 valence electrons. The fraction of sp³-hybridized carbons (Fsp3) is 0.286. The highest BCUT2D eigenvalue weighted by Gasteiger charge is 2.58. The molecule has 1 saturated heterocycles. The number of fused-ring (bicyclic) bond motifs is 2. The Balaban J connectivity index is 1.85. The summed E-state index contributed by atoms with van der Waals surface area (Å²) in [7, 11) is 0. The molecule has 0 radical (unpaired) electrons. The van der Waals surface area contributed by atoms with Crippen molar-refractivity contribution < 1.29 is 24.0 Å². The molecule has 3 aliphatic rings. The summed E-state index contributed by atoms with van der Waals surface area (Å²) in [4.78, 5) is 11.7. The summed E-state index contributed by atoms with van der Waals surface area (Å²) in [6.45, 7) is -0.111. The summed E-state index contributed by atoms with van der Waals surface area (Å²) in [6.07, 6.45) is 3.55. The lowest BCUT2D eigenvalue weighted by Gasteiger charge is -2.19. The zero-order valence-corrected chi connectivity index (χ0v) is 11.2. The van der Waals surface area contributed by atoms with E-state index in [0.717, 1.165) is 17.7 Å². The van der Waals surface area contributed by atoms with Crippen LogP contribution >= 0.6 is 11.8 Å². The van der Waals surface area contributed by atoms with Gasteiger partial charge in [-0.25, -0.2) is 4.39 Å². The van der Waals surface area contributed by atoms with Crippen molar-refractivity contribution >= 4 is 11.8 Å². The maximum Gasteiger partial charge on any atom is 0.411 e. The first-order chi connectivity index (χ1) is 9.72. The molecule has 20 heavy (non-hydrogen) atoms. The standard InChI is InChI=1S/C14H11FO4S/c15-9-4-5-10-12(6-9)20-11-3-1-2-8(7-16)13(11)17-14(10)18-19-14/h2,4-6,16H,1,3,7H2. The van der Waals surface area contributed by atoms with Crippen molar-refractivity contribution in [3.05, 3.63) is 51.9 Å². The van der Waals surface area contributed by atoms with Crippen LogP contribution in [0.1, 0.15) is 18.4 Å². The molecule has 0 aromatic heterocycles. The Bertz CT molecular complexity index is 649. The van der Waals surface area contributed by atoms with Crippen molar-refractivity contribution in [1.29, 1.82) is 0 Å². The number of aliphatic hydroxyl groups is 1. The Morgan fingerprint density at radius 3 is 2.95 bits per heavy atom. The Hall–Kier alpha value is -1.34. The predicted molar refractivity (Wildman–Crippen MR) is 68.6 cm³/mol. The Kier molecular flexibility index (Phi) is 2.68. The van der Waals surface area contributed by atoms with Crippen LogP contribution in [0.5, 0.6) is 0 Å². The smallest absolute Gasteiger partial charge is 0.411 e. The summed E-state index contributed by atoms with van der Waals surface area (Å²) in [5.74, 6) is -1.03. The highest BCUT2D eigenvalue weighted by atomic mass is 32.2. The van der Waals surface area contributed by atoms with Crippen LogP contribution in [0.2, 0.25) is 0 Å². The molecule has 1 aromatic carbocycles. The van der Waals surface area contributed by atoms with Gasteiger partial charge in [0, 0.05) is 15.4 Å². The number of hydrogen-bond donors (Lipinski definition) is 1. The number of hydrogen-bond acceptors (Lipinski definition) is 5. The number of aliphatic hydroxyl groups excluding tert-OH is 1. The quantitative estimate of drug-likeness (QED) is 0.637. The average molecular weight is 294 g/mol. The Morgan fingerprint density at radius 1 is 1.35 bits per heavy atom. The minimum atomic E-state index is -1.29. The first-order valence-electron chi connectivity index (χ1n) is 6.29. The lowest BCUT2D eigenvalue weighted by Crippen LogP contribution is -2.16. The minimum absolute atomic E-state index is 0.111. The molecule has 0 amide bonds. The van der Waals surface area contributed by atoms with Crippen LogP contribution in [0.4, 0.5) is 4.39 Å². The number of allylic oxidation sites excluding steroid dienone is 2. The number of benzene rings is 1. The molecule has 1 aliphatic carbocycles. The molecule has 0 bridgehead atoms. The van der Waals surface area contributed by atoms with E-state index in [-0.39, 0.29) is 12.4 Å². The molecular formula is C14H11FO4S. The van der Waals surface area contributed by atoms with Crippen LogP contribution in [-0.4, -0.2) is 11.7 Å². The van der Waals surface area contributed by atoms with Gasteiger partial charge in [-0.1, -0.05) is 17.8 Å². The zero-order valence-electron chi connectivity index (χ0n) is 10.4. The van der Waals surface area contributed by atoms with Gasteiger partial charge in [0.1, 0.15) is 11.6 Å². The summed E-state index contributed by atoms with van der Waals surface area (Å²) < 4.78 is 19.3. The molecule has 1 N–H and O–H groups in total. The van der Waals surface area contributed by atoms with E-state index in [1.807, 2.05) is 6.08 Å². The highest BCUT2D eigenvalue weighted by molar-refractivity contribution is 8.03. The van der Waals surface area contributed by atoms with E-state index in [1.54, 1.807) is 6.07 Å². The third-order valence-electron chi connectivity index (χ3n) is 3.46. The van der Waals surface area contributed by atoms with Gasteiger partial charge in [0.2, 0.25) is 0 Å². The molecule has 6 heteroatoms. The van der Waals surface area contributed by atoms with Crippen LogP contribution < -0.4 is 0 Å². The van der Waals surface area contributed by atoms with E-state index < -0.39 is 5.97 Å². The predicted octanol–water partition coefficient (Wildman–Crippen LogP) is 2.94. The van der Waals surface area contributed by atoms with Gasteiger partial charge in [0.25, 0.3) is 0 Å². The molecule has 0 atom stereocenters.